The first-order chi connectivity index (χ1) is 19.6. The van der Waals surface area contributed by atoms with Gasteiger partial charge in [-0.15, -0.1) is 0 Å². The quantitative estimate of drug-likeness (QED) is 0.270. The van der Waals surface area contributed by atoms with Crippen LogP contribution in [0.3, 0.4) is 0 Å². The Morgan fingerprint density at radius 1 is 1.15 bits per heavy atom. The van der Waals surface area contributed by atoms with Crippen molar-refractivity contribution in [1.82, 2.24) is 15.1 Å². The molecule has 206 valence electrons. The van der Waals surface area contributed by atoms with Crippen molar-refractivity contribution in [2.24, 2.45) is 0 Å². The van der Waals surface area contributed by atoms with Crippen LogP contribution < -0.4 is 21.0 Å². The molecule has 4 heterocycles. The van der Waals surface area contributed by atoms with E-state index >= 15 is 0 Å². The molecule has 12 heteroatoms. The van der Waals surface area contributed by atoms with Gasteiger partial charge < -0.3 is 39.2 Å². The maximum Gasteiger partial charge on any atom is 0.494 e. The molecule has 2 aromatic carbocycles. The highest BCUT2D eigenvalue weighted by Crippen LogP contribution is 2.34. The van der Waals surface area contributed by atoms with Crippen molar-refractivity contribution < 1.29 is 23.7 Å². The van der Waals surface area contributed by atoms with Crippen molar-refractivity contribution in [3.63, 3.8) is 0 Å². The number of pyridine rings is 1. The Kier molecular flexibility index (Phi) is 7.65. The molecule has 11 nitrogen and oxygen atoms in total. The molecular weight excluding hydrogens is 511 g/mol. The van der Waals surface area contributed by atoms with E-state index in [9.17, 15) is 5.11 Å². The van der Waals surface area contributed by atoms with Gasteiger partial charge in [0, 0.05) is 38.1 Å². The van der Waals surface area contributed by atoms with Crippen LogP contribution in [0.1, 0.15) is 30.2 Å². The molecule has 0 radical (unpaired) electrons. The van der Waals surface area contributed by atoms with E-state index in [0.29, 0.717) is 55.2 Å². The van der Waals surface area contributed by atoms with Gasteiger partial charge in [-0.05, 0) is 40.8 Å². The smallest absolute Gasteiger partial charge is 0.410 e. The minimum atomic E-state index is -0.363. The number of hydrogen-bond acceptors (Lipinski definition) is 11. The predicted octanol–water partition coefficient (Wildman–Crippen LogP) is 3.29. The number of nitrogens with zero attached hydrogens (tertiary/aromatic N) is 4. The summed E-state index contributed by atoms with van der Waals surface area (Å²) >= 11 is 0. The Morgan fingerprint density at radius 2 is 1.98 bits per heavy atom. The van der Waals surface area contributed by atoms with E-state index in [1.54, 1.807) is 13.3 Å². The highest BCUT2D eigenvalue weighted by atomic mass is 16.6. The number of aromatic nitrogens is 3. The van der Waals surface area contributed by atoms with Gasteiger partial charge in [0.25, 0.3) is 11.8 Å². The van der Waals surface area contributed by atoms with Gasteiger partial charge in [-0.2, -0.15) is 4.98 Å². The molecule has 40 heavy (non-hydrogen) atoms. The Balaban J connectivity index is 1.32. The number of aliphatic hydroxyl groups is 1. The van der Waals surface area contributed by atoms with E-state index in [4.69, 9.17) is 18.6 Å². The molecule has 0 spiro atoms. The van der Waals surface area contributed by atoms with E-state index in [0.717, 1.165) is 22.3 Å². The molecule has 2 aromatic heterocycles. The Bertz CT molecular complexity index is 1450. The van der Waals surface area contributed by atoms with Crippen LogP contribution in [0.15, 0.2) is 65.3 Å². The summed E-state index contributed by atoms with van der Waals surface area (Å²) in [4.78, 5) is 11.3. The fourth-order valence-electron chi connectivity index (χ4n) is 5.02. The molecule has 0 aliphatic carbocycles. The second-order valence-electron chi connectivity index (χ2n) is 9.72. The van der Waals surface area contributed by atoms with Gasteiger partial charge in [0.15, 0.2) is 0 Å². The number of morpholine rings is 1. The number of hydrogen-bond donors (Lipinski definition) is 3. The van der Waals surface area contributed by atoms with Crippen molar-refractivity contribution in [1.29, 1.82) is 0 Å². The fraction of sp³-hybridized carbons (Fsp3) is 0.321. The molecule has 2 aliphatic heterocycles. The maximum absolute atomic E-state index is 10.3. The second kappa shape index (κ2) is 11.6. The van der Waals surface area contributed by atoms with E-state index in [-0.39, 0.29) is 25.9 Å². The topological polar surface area (TPSA) is 127 Å². The normalized spacial score (nSPS) is 17.5. The van der Waals surface area contributed by atoms with Crippen LogP contribution in [0.4, 0.5) is 23.1 Å². The SMILES string of the molecule is COB1OC(C)c2cc(Nc3cc(N[C@H](CO)c4ccccc4)c(-c4nc(N5CCOCC5)no4)cn3)ccc21. The lowest BCUT2D eigenvalue weighted by molar-refractivity contribution is 0.121. The van der Waals surface area contributed by atoms with Gasteiger partial charge in [0.05, 0.1) is 43.2 Å². The second-order valence-corrected chi connectivity index (χ2v) is 9.72. The Hall–Kier alpha value is -3.97. The summed E-state index contributed by atoms with van der Waals surface area (Å²) in [5, 5.41) is 21.3. The lowest BCUT2D eigenvalue weighted by Crippen LogP contribution is -2.36. The lowest BCUT2D eigenvalue weighted by atomic mass is 9.78. The number of ether oxygens (including phenoxy) is 1. The molecule has 1 saturated heterocycles. The molecule has 2 atom stereocenters. The predicted molar refractivity (Wildman–Crippen MR) is 152 cm³/mol. The van der Waals surface area contributed by atoms with Crippen molar-refractivity contribution in [3.8, 4) is 11.5 Å². The van der Waals surface area contributed by atoms with Crippen LogP contribution in [0.5, 0.6) is 0 Å². The molecule has 3 N–H and O–H groups in total. The number of fused-ring (bicyclic) bond motifs is 1. The van der Waals surface area contributed by atoms with E-state index in [1.807, 2.05) is 60.4 Å². The summed E-state index contributed by atoms with van der Waals surface area (Å²) in [6, 6.07) is 17.3. The molecule has 6 rings (SSSR count). The highest BCUT2D eigenvalue weighted by molar-refractivity contribution is 6.63. The third-order valence-electron chi connectivity index (χ3n) is 7.15. The first-order valence-electron chi connectivity index (χ1n) is 13.3. The van der Waals surface area contributed by atoms with E-state index < -0.39 is 0 Å². The maximum atomic E-state index is 10.3. The molecular formula is C28H31BN6O5. The average Bonchev–Trinajstić information content (AvgIpc) is 3.62. The van der Waals surface area contributed by atoms with Crippen LogP contribution in [-0.4, -0.2) is 67.4 Å². The largest absolute Gasteiger partial charge is 0.494 e. The van der Waals surface area contributed by atoms with Crippen molar-refractivity contribution in [2.45, 2.75) is 19.1 Å². The summed E-state index contributed by atoms with van der Waals surface area (Å²) < 4.78 is 22.4. The van der Waals surface area contributed by atoms with Crippen molar-refractivity contribution >= 4 is 35.7 Å². The number of benzene rings is 2. The van der Waals surface area contributed by atoms with Crippen LogP contribution in [0.25, 0.3) is 11.5 Å². The summed E-state index contributed by atoms with van der Waals surface area (Å²) in [5.41, 5.74) is 5.22. The first-order valence-corrected chi connectivity index (χ1v) is 13.3. The third-order valence-corrected chi connectivity index (χ3v) is 7.15. The Labute approximate surface area is 232 Å². The molecule has 0 amide bonds. The first kappa shape index (κ1) is 26.3. The number of aliphatic hydroxyl groups excluding tert-OH is 1. The molecule has 0 saturated carbocycles. The summed E-state index contributed by atoms with van der Waals surface area (Å²) in [5.74, 6) is 1.46. The van der Waals surface area contributed by atoms with Gasteiger partial charge in [0.2, 0.25) is 0 Å². The molecule has 4 aromatic rings. The van der Waals surface area contributed by atoms with E-state index in [2.05, 4.69) is 31.8 Å². The number of rotatable bonds is 9. The summed E-state index contributed by atoms with van der Waals surface area (Å²) in [6.45, 7) is 4.52. The summed E-state index contributed by atoms with van der Waals surface area (Å²) in [6.07, 6.45) is 1.62. The minimum absolute atomic E-state index is 0.0800. The van der Waals surface area contributed by atoms with Crippen LogP contribution in [0, 0.1) is 0 Å². The fourth-order valence-corrected chi connectivity index (χ4v) is 5.02. The Morgan fingerprint density at radius 3 is 2.75 bits per heavy atom. The van der Waals surface area contributed by atoms with Gasteiger partial charge in [-0.1, -0.05) is 36.4 Å². The standard InChI is InChI=1S/C28H31BN6O5/c1-18-21-14-20(8-9-23(21)29(37-2)39-18)31-26-15-24(32-25(17-36)19-6-4-3-5-7-19)22(16-30-26)27-33-28(34-40-27)35-10-12-38-13-11-35/h3-9,14-16,18,25,36H,10-13,17H2,1-2H3,(H2,30,31,32)/t18?,25-/m1/s1. The van der Waals surface area contributed by atoms with Crippen molar-refractivity contribution in [2.75, 3.05) is 55.6 Å². The zero-order valence-corrected chi connectivity index (χ0v) is 22.4. The molecule has 2 aliphatic rings. The zero-order valence-electron chi connectivity index (χ0n) is 22.4. The lowest BCUT2D eigenvalue weighted by Gasteiger charge is -2.24. The van der Waals surface area contributed by atoms with Crippen LogP contribution in [-0.2, 0) is 14.0 Å². The number of nitrogens with one attached hydrogen (secondary N) is 2. The average molecular weight is 542 g/mol. The molecule has 0 bridgehead atoms. The van der Waals surface area contributed by atoms with Gasteiger partial charge in [-0.3, -0.25) is 0 Å². The van der Waals surface area contributed by atoms with Crippen LogP contribution in [0.2, 0.25) is 0 Å². The van der Waals surface area contributed by atoms with Crippen molar-refractivity contribution in [3.05, 3.63) is 71.9 Å². The third kappa shape index (κ3) is 5.39. The molecule has 1 unspecified atom stereocenters. The van der Waals surface area contributed by atoms with Crippen LogP contribution >= 0.6 is 0 Å². The van der Waals surface area contributed by atoms with E-state index in [1.165, 1.54) is 0 Å². The molecule has 1 fully saturated rings. The highest BCUT2D eigenvalue weighted by Gasteiger charge is 2.34. The monoisotopic (exact) mass is 542 g/mol. The summed E-state index contributed by atoms with van der Waals surface area (Å²) in [7, 11) is 1.28. The number of anilines is 4. The minimum Gasteiger partial charge on any atom is -0.410 e. The van der Waals surface area contributed by atoms with Gasteiger partial charge in [-0.25, -0.2) is 4.98 Å². The van der Waals surface area contributed by atoms with Gasteiger partial charge in [0.1, 0.15) is 5.82 Å². The zero-order chi connectivity index (χ0) is 27.5. The van der Waals surface area contributed by atoms with Gasteiger partial charge >= 0.3 is 7.12 Å².